The van der Waals surface area contributed by atoms with Crippen LogP contribution in [0.25, 0.3) is 0 Å². The highest BCUT2D eigenvalue weighted by Gasteiger charge is 2.19. The fourth-order valence-corrected chi connectivity index (χ4v) is 10.4. The summed E-state index contributed by atoms with van der Waals surface area (Å²) >= 11 is 0. The fourth-order valence-electron chi connectivity index (χ4n) is 10.4. The monoisotopic (exact) mass is 1160 g/mol. The molecule has 0 saturated carbocycles. The first-order valence-corrected chi connectivity index (χ1v) is 36.1. The Morgan fingerprint density at radius 3 is 0.699 bits per heavy atom. The number of ether oxygens (including phenoxy) is 3. The van der Waals surface area contributed by atoms with Crippen molar-refractivity contribution in [2.24, 2.45) is 0 Å². The number of hydrogen-bond donors (Lipinski definition) is 0. The van der Waals surface area contributed by atoms with Gasteiger partial charge in [-0.25, -0.2) is 0 Å². The molecular formula is C77H136O6. The maximum absolute atomic E-state index is 13.0. The number of esters is 3. The average molecular weight is 1160 g/mol. The minimum absolute atomic E-state index is 0.0820. The van der Waals surface area contributed by atoms with E-state index in [0.29, 0.717) is 19.3 Å². The Morgan fingerprint density at radius 1 is 0.241 bits per heavy atom. The Kier molecular flexibility index (Phi) is 68.2. The molecule has 83 heavy (non-hydrogen) atoms. The summed E-state index contributed by atoms with van der Waals surface area (Å²) in [6, 6.07) is 0. The van der Waals surface area contributed by atoms with Gasteiger partial charge in [0.15, 0.2) is 6.10 Å². The van der Waals surface area contributed by atoms with Gasteiger partial charge in [-0.15, -0.1) is 0 Å². The molecule has 0 aromatic carbocycles. The van der Waals surface area contributed by atoms with E-state index in [4.69, 9.17) is 14.2 Å². The first kappa shape index (κ1) is 79.6. The molecule has 0 saturated heterocycles. The Bertz CT molecular complexity index is 1570. The molecule has 0 heterocycles. The molecule has 0 aromatic rings. The van der Waals surface area contributed by atoms with Crippen LogP contribution in [-0.4, -0.2) is 37.2 Å². The lowest BCUT2D eigenvalue weighted by atomic mass is 10.0. The third-order valence-corrected chi connectivity index (χ3v) is 15.8. The van der Waals surface area contributed by atoms with E-state index in [9.17, 15) is 14.4 Å². The molecular weight excluding hydrogens is 1020 g/mol. The van der Waals surface area contributed by atoms with Crippen molar-refractivity contribution in [1.82, 2.24) is 0 Å². The minimum Gasteiger partial charge on any atom is -0.462 e. The van der Waals surface area contributed by atoms with Gasteiger partial charge in [0, 0.05) is 19.3 Å². The second-order valence-electron chi connectivity index (χ2n) is 24.1. The lowest BCUT2D eigenvalue weighted by molar-refractivity contribution is -0.167. The van der Waals surface area contributed by atoms with Crippen LogP contribution in [0.15, 0.2) is 85.1 Å². The molecule has 0 amide bonds. The van der Waals surface area contributed by atoms with E-state index in [1.807, 2.05) is 0 Å². The SMILES string of the molecule is CCCCC/C=C\C/C=C\C/C=C\CCCCCCCCC(=O)OC(COC(=O)CCCCCCCCC/C=C\C/C=C\CCCCC)COC(=O)CCCCCCCCCCCCCCCCCCC/C=C\C/C=C\CCCCCCC. The second kappa shape index (κ2) is 71.1. The van der Waals surface area contributed by atoms with Crippen LogP contribution >= 0.6 is 0 Å². The highest BCUT2D eigenvalue weighted by molar-refractivity contribution is 5.71. The van der Waals surface area contributed by atoms with Crippen molar-refractivity contribution >= 4 is 17.9 Å². The summed E-state index contributed by atoms with van der Waals surface area (Å²) in [6.45, 7) is 6.61. The maximum Gasteiger partial charge on any atom is 0.306 e. The Labute approximate surface area is 515 Å². The van der Waals surface area contributed by atoms with Crippen LogP contribution in [-0.2, 0) is 28.6 Å². The summed E-state index contributed by atoms with van der Waals surface area (Å²) in [5.41, 5.74) is 0. The van der Waals surface area contributed by atoms with Gasteiger partial charge >= 0.3 is 17.9 Å². The van der Waals surface area contributed by atoms with Gasteiger partial charge in [0.1, 0.15) is 13.2 Å². The molecule has 0 aliphatic rings. The molecule has 0 fully saturated rings. The van der Waals surface area contributed by atoms with Crippen molar-refractivity contribution in [1.29, 1.82) is 0 Å². The molecule has 0 aliphatic carbocycles. The van der Waals surface area contributed by atoms with Crippen molar-refractivity contribution in [3.8, 4) is 0 Å². The second-order valence-corrected chi connectivity index (χ2v) is 24.1. The van der Waals surface area contributed by atoms with E-state index in [2.05, 4.69) is 106 Å². The van der Waals surface area contributed by atoms with Crippen LogP contribution in [0.1, 0.15) is 367 Å². The van der Waals surface area contributed by atoms with E-state index in [0.717, 1.165) is 103 Å². The standard InChI is InChI=1S/C77H136O6/c1-4-7-10-13-16-19-22-25-28-31-33-34-35-36-37-38-39-40-41-42-44-46-49-52-55-58-61-64-67-70-76(79)82-73-74(72-81-75(78)69-66-63-60-57-54-51-48-45-30-27-24-21-18-15-12-9-6-3)83-77(80)71-68-65-62-59-56-53-50-47-43-32-29-26-23-20-17-14-11-8-5-2/h17-18,20-22,25-27,29-31,33,43,47,74H,4-16,19,23-24,28,32,34-42,44-46,48-73H2,1-3H3/b20-17-,21-18-,25-22-,29-26-,30-27-,33-31-,47-43-. The normalized spacial score (nSPS) is 12.6. The van der Waals surface area contributed by atoms with Crippen molar-refractivity contribution in [3.05, 3.63) is 85.1 Å². The number of allylic oxidation sites excluding steroid dienone is 14. The Morgan fingerprint density at radius 2 is 0.434 bits per heavy atom. The highest BCUT2D eigenvalue weighted by Crippen LogP contribution is 2.17. The van der Waals surface area contributed by atoms with Crippen LogP contribution in [0.3, 0.4) is 0 Å². The fraction of sp³-hybridized carbons (Fsp3) is 0.779. The van der Waals surface area contributed by atoms with Gasteiger partial charge in [-0.1, -0.05) is 311 Å². The predicted molar refractivity (Wildman–Crippen MR) is 362 cm³/mol. The van der Waals surface area contributed by atoms with E-state index in [1.54, 1.807) is 0 Å². The number of carbonyl (C=O) groups is 3. The molecule has 0 N–H and O–H groups in total. The summed E-state index contributed by atoms with van der Waals surface area (Å²) in [5, 5.41) is 0. The third kappa shape index (κ3) is 69.3. The van der Waals surface area contributed by atoms with Gasteiger partial charge in [0.25, 0.3) is 0 Å². The average Bonchev–Trinajstić information content (AvgIpc) is 3.49. The van der Waals surface area contributed by atoms with Crippen LogP contribution in [0, 0.1) is 0 Å². The van der Waals surface area contributed by atoms with Crippen LogP contribution in [0.4, 0.5) is 0 Å². The summed E-state index contributed by atoms with van der Waals surface area (Å²) in [5.74, 6) is -0.884. The van der Waals surface area contributed by atoms with Crippen LogP contribution < -0.4 is 0 Å². The van der Waals surface area contributed by atoms with Crippen molar-refractivity contribution in [3.63, 3.8) is 0 Å². The summed E-state index contributed by atoms with van der Waals surface area (Å²) in [7, 11) is 0. The smallest absolute Gasteiger partial charge is 0.306 e. The summed E-state index contributed by atoms with van der Waals surface area (Å²) in [4.78, 5) is 38.5. The summed E-state index contributed by atoms with van der Waals surface area (Å²) < 4.78 is 17.0. The topological polar surface area (TPSA) is 78.9 Å². The molecule has 0 spiro atoms. The molecule has 6 nitrogen and oxygen atoms in total. The molecule has 6 heteroatoms. The lowest BCUT2D eigenvalue weighted by Gasteiger charge is -2.18. The van der Waals surface area contributed by atoms with Crippen molar-refractivity contribution < 1.29 is 28.6 Å². The van der Waals surface area contributed by atoms with Gasteiger partial charge in [0.05, 0.1) is 0 Å². The molecule has 480 valence electrons. The zero-order chi connectivity index (χ0) is 59.9. The minimum atomic E-state index is -0.789. The van der Waals surface area contributed by atoms with E-state index in [-0.39, 0.29) is 31.1 Å². The zero-order valence-corrected chi connectivity index (χ0v) is 55.2. The molecule has 1 unspecified atom stereocenters. The zero-order valence-electron chi connectivity index (χ0n) is 55.2. The van der Waals surface area contributed by atoms with Gasteiger partial charge in [-0.05, 0) is 122 Å². The van der Waals surface area contributed by atoms with Gasteiger partial charge in [-0.2, -0.15) is 0 Å². The van der Waals surface area contributed by atoms with Crippen molar-refractivity contribution in [2.75, 3.05) is 13.2 Å². The third-order valence-electron chi connectivity index (χ3n) is 15.8. The van der Waals surface area contributed by atoms with E-state index < -0.39 is 6.10 Å². The molecule has 1 atom stereocenters. The molecule has 0 aromatic heterocycles. The van der Waals surface area contributed by atoms with Gasteiger partial charge < -0.3 is 14.2 Å². The van der Waals surface area contributed by atoms with E-state index in [1.165, 1.54) is 225 Å². The van der Waals surface area contributed by atoms with E-state index >= 15 is 0 Å². The first-order valence-electron chi connectivity index (χ1n) is 36.1. The lowest BCUT2D eigenvalue weighted by Crippen LogP contribution is -2.30. The van der Waals surface area contributed by atoms with Gasteiger partial charge in [-0.3, -0.25) is 14.4 Å². The molecule has 0 radical (unpaired) electrons. The van der Waals surface area contributed by atoms with Crippen molar-refractivity contribution in [2.45, 2.75) is 374 Å². The van der Waals surface area contributed by atoms with Crippen LogP contribution in [0.2, 0.25) is 0 Å². The molecule has 0 bridgehead atoms. The number of hydrogen-bond acceptors (Lipinski definition) is 6. The summed E-state index contributed by atoms with van der Waals surface area (Å²) in [6.07, 6.45) is 94.6. The van der Waals surface area contributed by atoms with Crippen LogP contribution in [0.5, 0.6) is 0 Å². The highest BCUT2D eigenvalue weighted by atomic mass is 16.6. The quantitative estimate of drug-likeness (QED) is 0.0261. The molecule has 0 aliphatic heterocycles. The Hall–Kier alpha value is -3.41. The number of rotatable bonds is 66. The van der Waals surface area contributed by atoms with Gasteiger partial charge in [0.2, 0.25) is 0 Å². The largest absolute Gasteiger partial charge is 0.462 e. The number of carbonyl (C=O) groups excluding carboxylic acids is 3. The Balaban J connectivity index is 4.30. The first-order chi connectivity index (χ1) is 41.0. The number of unbranched alkanes of at least 4 members (excludes halogenated alkanes) is 41. The molecule has 0 rings (SSSR count). The predicted octanol–water partition coefficient (Wildman–Crippen LogP) is 25.0. The maximum atomic E-state index is 13.0.